The Hall–Kier alpha value is -1.39. The van der Waals surface area contributed by atoms with Gasteiger partial charge in [0.15, 0.2) is 5.82 Å². The van der Waals surface area contributed by atoms with Crippen molar-refractivity contribution in [3.8, 4) is 0 Å². The lowest BCUT2D eigenvalue weighted by Crippen LogP contribution is -2.37. The van der Waals surface area contributed by atoms with Crippen molar-refractivity contribution >= 4 is 5.97 Å². The lowest BCUT2D eigenvalue weighted by atomic mass is 9.80. The molecule has 118 valence electrons. The molecule has 0 saturated heterocycles. The Morgan fingerprint density at radius 1 is 1.24 bits per heavy atom. The highest BCUT2D eigenvalue weighted by Gasteiger charge is 2.47. The second kappa shape index (κ2) is 6.16. The molecule has 0 N–H and O–H groups in total. The van der Waals surface area contributed by atoms with Crippen molar-refractivity contribution in [3.63, 3.8) is 0 Å². The summed E-state index contributed by atoms with van der Waals surface area (Å²) in [4.78, 5) is 17.1. The normalized spacial score (nSPS) is 19.0. The average molecular weight is 294 g/mol. The van der Waals surface area contributed by atoms with Gasteiger partial charge in [-0.3, -0.25) is 4.79 Å². The van der Waals surface area contributed by atoms with Gasteiger partial charge in [-0.25, -0.2) is 0 Å². The van der Waals surface area contributed by atoms with Crippen LogP contribution in [0.1, 0.15) is 77.9 Å². The van der Waals surface area contributed by atoms with Crippen molar-refractivity contribution in [1.82, 2.24) is 10.1 Å². The number of hydrogen-bond acceptors (Lipinski definition) is 5. The predicted octanol–water partition coefficient (Wildman–Crippen LogP) is 3.52. The quantitative estimate of drug-likeness (QED) is 0.630. The van der Waals surface area contributed by atoms with E-state index in [9.17, 15) is 4.79 Å². The van der Waals surface area contributed by atoms with Gasteiger partial charge in [-0.1, -0.05) is 51.6 Å². The minimum absolute atomic E-state index is 0.192. The van der Waals surface area contributed by atoms with E-state index >= 15 is 0 Å². The number of aromatic nitrogens is 2. The van der Waals surface area contributed by atoms with Gasteiger partial charge >= 0.3 is 5.97 Å². The molecule has 1 saturated carbocycles. The first kappa shape index (κ1) is 16.0. The first-order valence-electron chi connectivity index (χ1n) is 7.92. The SMILES string of the molecule is CCOC(=O)C1(c2nc(C(C)(C)C)no2)CCCCCC1. The van der Waals surface area contributed by atoms with Crippen molar-refractivity contribution in [2.45, 2.75) is 77.0 Å². The van der Waals surface area contributed by atoms with Crippen molar-refractivity contribution < 1.29 is 14.1 Å². The van der Waals surface area contributed by atoms with Crippen LogP contribution in [0.5, 0.6) is 0 Å². The Balaban J connectivity index is 2.39. The number of esters is 1. The van der Waals surface area contributed by atoms with Gasteiger partial charge in [0.25, 0.3) is 0 Å². The maximum Gasteiger partial charge on any atom is 0.321 e. The van der Waals surface area contributed by atoms with Crippen LogP contribution in [0.2, 0.25) is 0 Å². The predicted molar refractivity (Wildman–Crippen MR) is 79.0 cm³/mol. The van der Waals surface area contributed by atoms with Gasteiger partial charge < -0.3 is 9.26 Å². The minimum Gasteiger partial charge on any atom is -0.465 e. The molecule has 2 rings (SSSR count). The van der Waals surface area contributed by atoms with Gasteiger partial charge in [0.05, 0.1) is 6.61 Å². The van der Waals surface area contributed by atoms with E-state index in [0.29, 0.717) is 18.3 Å². The largest absolute Gasteiger partial charge is 0.465 e. The highest BCUT2D eigenvalue weighted by atomic mass is 16.5. The summed E-state index contributed by atoms with van der Waals surface area (Å²) < 4.78 is 10.8. The number of rotatable bonds is 3. The third kappa shape index (κ3) is 3.27. The lowest BCUT2D eigenvalue weighted by molar-refractivity contribution is -0.152. The molecule has 5 heteroatoms. The Bertz CT molecular complexity index is 480. The molecule has 5 nitrogen and oxygen atoms in total. The van der Waals surface area contributed by atoms with E-state index < -0.39 is 5.41 Å². The second-order valence-electron chi connectivity index (χ2n) is 6.89. The lowest BCUT2D eigenvalue weighted by Gasteiger charge is -2.26. The van der Waals surface area contributed by atoms with E-state index in [-0.39, 0.29) is 11.4 Å². The fraction of sp³-hybridized carbons (Fsp3) is 0.812. The van der Waals surface area contributed by atoms with Crippen LogP contribution in [0.3, 0.4) is 0 Å². The molecule has 0 unspecified atom stereocenters. The monoisotopic (exact) mass is 294 g/mol. The van der Waals surface area contributed by atoms with E-state index in [2.05, 4.69) is 10.1 Å². The van der Waals surface area contributed by atoms with Crippen molar-refractivity contribution in [1.29, 1.82) is 0 Å². The fourth-order valence-electron chi connectivity index (χ4n) is 2.83. The Kier molecular flexibility index (Phi) is 4.69. The van der Waals surface area contributed by atoms with E-state index in [1.807, 2.05) is 27.7 Å². The number of nitrogens with zero attached hydrogens (tertiary/aromatic N) is 2. The standard InChI is InChI=1S/C16H26N2O3/c1-5-20-14(19)16(10-8-6-7-9-11-16)13-17-12(18-21-13)15(2,3)4/h5-11H2,1-4H3. The summed E-state index contributed by atoms with van der Waals surface area (Å²) in [6.07, 6.45) is 5.73. The molecular formula is C16H26N2O3. The molecule has 0 aromatic carbocycles. The topological polar surface area (TPSA) is 65.2 Å². The van der Waals surface area contributed by atoms with Gasteiger partial charge in [-0.15, -0.1) is 0 Å². The summed E-state index contributed by atoms with van der Waals surface area (Å²) in [6.45, 7) is 8.31. The van der Waals surface area contributed by atoms with Gasteiger partial charge in [0, 0.05) is 5.41 Å². The molecule has 21 heavy (non-hydrogen) atoms. The summed E-state index contributed by atoms with van der Waals surface area (Å²) in [7, 11) is 0. The molecule has 0 amide bonds. The van der Waals surface area contributed by atoms with Gasteiger partial charge in [-0.2, -0.15) is 4.98 Å². The zero-order valence-corrected chi connectivity index (χ0v) is 13.6. The summed E-state index contributed by atoms with van der Waals surface area (Å²) in [5.41, 5.74) is -0.939. The maximum absolute atomic E-state index is 12.6. The van der Waals surface area contributed by atoms with E-state index in [1.165, 1.54) is 0 Å². The first-order chi connectivity index (χ1) is 9.90. The van der Waals surface area contributed by atoms with Gasteiger partial charge in [0.1, 0.15) is 5.41 Å². The molecule has 0 atom stereocenters. The third-order valence-corrected chi connectivity index (χ3v) is 4.13. The van der Waals surface area contributed by atoms with Crippen LogP contribution >= 0.6 is 0 Å². The van der Waals surface area contributed by atoms with Crippen LogP contribution < -0.4 is 0 Å². The van der Waals surface area contributed by atoms with Crippen LogP contribution in [0.4, 0.5) is 0 Å². The van der Waals surface area contributed by atoms with Crippen molar-refractivity contribution in [2.24, 2.45) is 0 Å². The Labute approximate surface area is 126 Å². The number of carbonyl (C=O) groups is 1. The fourth-order valence-corrected chi connectivity index (χ4v) is 2.83. The van der Waals surface area contributed by atoms with Crippen LogP contribution in [-0.2, 0) is 20.4 Å². The summed E-state index contributed by atoms with van der Waals surface area (Å²) in [6, 6.07) is 0. The highest BCUT2D eigenvalue weighted by Crippen LogP contribution is 2.39. The number of ether oxygens (including phenoxy) is 1. The highest BCUT2D eigenvalue weighted by molar-refractivity contribution is 5.81. The molecule has 1 aliphatic carbocycles. The molecule has 1 heterocycles. The molecule has 1 aliphatic rings. The Morgan fingerprint density at radius 2 is 1.86 bits per heavy atom. The third-order valence-electron chi connectivity index (χ3n) is 4.13. The van der Waals surface area contributed by atoms with Crippen LogP contribution in [-0.4, -0.2) is 22.7 Å². The second-order valence-corrected chi connectivity index (χ2v) is 6.89. The molecular weight excluding hydrogens is 268 g/mol. The van der Waals surface area contributed by atoms with E-state index in [1.54, 1.807) is 0 Å². The summed E-state index contributed by atoms with van der Waals surface area (Å²) in [5.74, 6) is 0.870. The zero-order chi connectivity index (χ0) is 15.5. The molecule has 1 aromatic heterocycles. The van der Waals surface area contributed by atoms with Gasteiger partial charge in [0.2, 0.25) is 5.89 Å². The molecule has 0 radical (unpaired) electrons. The summed E-state index contributed by atoms with van der Waals surface area (Å²) in [5, 5.41) is 4.09. The number of carbonyl (C=O) groups excluding carboxylic acids is 1. The molecule has 1 aromatic rings. The summed E-state index contributed by atoms with van der Waals surface area (Å²) >= 11 is 0. The molecule has 0 aliphatic heterocycles. The molecule has 0 spiro atoms. The van der Waals surface area contributed by atoms with E-state index in [0.717, 1.165) is 38.5 Å². The smallest absolute Gasteiger partial charge is 0.321 e. The van der Waals surface area contributed by atoms with Crippen molar-refractivity contribution in [3.05, 3.63) is 11.7 Å². The number of hydrogen-bond donors (Lipinski definition) is 0. The molecule has 0 bridgehead atoms. The van der Waals surface area contributed by atoms with Crippen LogP contribution in [0.15, 0.2) is 4.52 Å². The van der Waals surface area contributed by atoms with Crippen molar-refractivity contribution in [2.75, 3.05) is 6.61 Å². The minimum atomic E-state index is -0.747. The molecule has 1 fully saturated rings. The van der Waals surface area contributed by atoms with E-state index in [4.69, 9.17) is 9.26 Å². The van der Waals surface area contributed by atoms with Crippen LogP contribution in [0, 0.1) is 0 Å². The Morgan fingerprint density at radius 3 is 2.33 bits per heavy atom. The first-order valence-corrected chi connectivity index (χ1v) is 7.92. The maximum atomic E-state index is 12.6. The zero-order valence-electron chi connectivity index (χ0n) is 13.6. The van der Waals surface area contributed by atoms with Gasteiger partial charge in [-0.05, 0) is 19.8 Å². The average Bonchev–Trinajstić information content (AvgIpc) is 2.79. The van der Waals surface area contributed by atoms with Crippen LogP contribution in [0.25, 0.3) is 0 Å².